The fourth-order valence-electron chi connectivity index (χ4n) is 2.50. The van der Waals surface area contributed by atoms with Crippen molar-refractivity contribution in [3.8, 4) is 0 Å². The van der Waals surface area contributed by atoms with Gasteiger partial charge in [-0.15, -0.1) is 0 Å². The van der Waals surface area contributed by atoms with Crippen LogP contribution in [0.4, 0.5) is 0 Å². The van der Waals surface area contributed by atoms with E-state index in [0.717, 1.165) is 17.5 Å². The highest BCUT2D eigenvalue weighted by Crippen LogP contribution is 2.45. The molecule has 2 heteroatoms. The number of hydrogen-bond donors (Lipinski definition) is 1. The van der Waals surface area contributed by atoms with Crippen LogP contribution in [0, 0.1) is 6.57 Å². The Labute approximate surface area is 134 Å². The molecule has 0 saturated carbocycles. The predicted molar refractivity (Wildman–Crippen MR) is 94.8 cm³/mol. The number of rotatable bonds is 0. The molecular formula is C19H23NS. The van der Waals surface area contributed by atoms with Crippen LogP contribution in [-0.2, 0) is 11.3 Å². The third-order valence-corrected chi connectivity index (χ3v) is 3.91. The average Bonchev–Trinajstić information content (AvgIpc) is 2.59. The maximum absolute atomic E-state index is 7.50. The number of nitrogens with zero attached hydrogens (tertiary/aromatic N) is 1. The molecule has 3 rings (SSSR count). The molecule has 0 aliphatic heterocycles. The quantitative estimate of drug-likeness (QED) is 0.470. The highest BCUT2D eigenvalue weighted by Gasteiger charge is 2.43. The normalized spacial score (nSPS) is 13.1. The van der Waals surface area contributed by atoms with Gasteiger partial charge in [0.15, 0.2) is 0 Å². The molecule has 0 amide bonds. The van der Waals surface area contributed by atoms with E-state index in [-0.39, 0.29) is 0 Å². The molecule has 1 nitrogen and oxygen atoms in total. The van der Waals surface area contributed by atoms with Gasteiger partial charge in [-0.05, 0) is 29.7 Å². The second-order valence-corrected chi connectivity index (χ2v) is 4.92. The van der Waals surface area contributed by atoms with E-state index in [4.69, 9.17) is 6.57 Å². The van der Waals surface area contributed by atoms with Crippen LogP contribution in [0.2, 0.25) is 0 Å². The van der Waals surface area contributed by atoms with Gasteiger partial charge >= 0.3 is 4.87 Å². The molecular weight excluding hydrogens is 274 g/mol. The van der Waals surface area contributed by atoms with Crippen molar-refractivity contribution >= 4 is 12.6 Å². The van der Waals surface area contributed by atoms with Crippen molar-refractivity contribution in [1.29, 1.82) is 0 Å². The van der Waals surface area contributed by atoms with Crippen molar-refractivity contribution in [1.82, 2.24) is 0 Å². The second kappa shape index (κ2) is 7.90. The van der Waals surface area contributed by atoms with Gasteiger partial charge in [0.1, 0.15) is 0 Å². The van der Waals surface area contributed by atoms with Crippen LogP contribution in [0.25, 0.3) is 4.85 Å². The molecule has 0 aromatic heterocycles. The van der Waals surface area contributed by atoms with E-state index in [1.807, 2.05) is 64.1 Å². The standard InChI is InChI=1S/C15H11NS.2C2H6/c1-16-15(17)13-8-4-2-6-11(13)10-12-7-3-5-9-14(12)15;2*1-2/h2-9,17H,10H2;2*1-2H3. The summed E-state index contributed by atoms with van der Waals surface area (Å²) in [6.07, 6.45) is 0.893. The largest absolute Gasteiger partial charge is 0.326 e. The highest BCUT2D eigenvalue weighted by molar-refractivity contribution is 7.81. The zero-order chi connectivity index (χ0) is 15.9. The minimum atomic E-state index is -0.828. The molecule has 0 N–H and O–H groups in total. The van der Waals surface area contributed by atoms with Gasteiger partial charge in [-0.2, -0.15) is 0 Å². The molecule has 1 aliphatic rings. The maximum atomic E-state index is 7.50. The van der Waals surface area contributed by atoms with E-state index in [1.165, 1.54) is 11.1 Å². The van der Waals surface area contributed by atoms with E-state index < -0.39 is 4.87 Å². The van der Waals surface area contributed by atoms with E-state index in [2.05, 4.69) is 29.6 Å². The molecule has 0 radical (unpaired) electrons. The van der Waals surface area contributed by atoms with Crippen molar-refractivity contribution in [2.75, 3.05) is 0 Å². The lowest BCUT2D eigenvalue weighted by Gasteiger charge is -2.27. The van der Waals surface area contributed by atoms with Gasteiger partial charge in [0.2, 0.25) is 0 Å². The van der Waals surface area contributed by atoms with Gasteiger partial charge in [0, 0.05) is 0 Å². The first-order chi connectivity index (χ1) is 10.3. The minimum Gasteiger partial charge on any atom is -0.288 e. The molecule has 0 fully saturated rings. The Kier molecular flexibility index (Phi) is 6.52. The number of benzene rings is 2. The molecule has 0 heterocycles. The van der Waals surface area contributed by atoms with E-state index in [9.17, 15) is 0 Å². The van der Waals surface area contributed by atoms with Crippen LogP contribution in [-0.4, -0.2) is 0 Å². The monoisotopic (exact) mass is 297 g/mol. The lowest BCUT2D eigenvalue weighted by molar-refractivity contribution is 0.856. The zero-order valence-corrected chi connectivity index (χ0v) is 14.1. The van der Waals surface area contributed by atoms with Gasteiger partial charge in [0.05, 0.1) is 11.1 Å². The summed E-state index contributed by atoms with van der Waals surface area (Å²) in [6.45, 7) is 15.5. The van der Waals surface area contributed by atoms with E-state index in [0.29, 0.717) is 0 Å². The summed E-state index contributed by atoms with van der Waals surface area (Å²) in [5.41, 5.74) is 4.46. The molecule has 110 valence electrons. The first-order valence-electron chi connectivity index (χ1n) is 7.53. The molecule has 0 atom stereocenters. The number of fused-ring (bicyclic) bond motifs is 2. The first kappa shape index (κ1) is 17.3. The van der Waals surface area contributed by atoms with Crippen molar-refractivity contribution in [2.45, 2.75) is 39.0 Å². The van der Waals surface area contributed by atoms with E-state index in [1.54, 1.807) is 0 Å². The molecule has 1 aliphatic carbocycles. The summed E-state index contributed by atoms with van der Waals surface area (Å²) in [4.78, 5) is 2.95. The van der Waals surface area contributed by atoms with Crippen LogP contribution in [0.1, 0.15) is 49.9 Å². The molecule has 0 spiro atoms. The third kappa shape index (κ3) is 3.14. The van der Waals surface area contributed by atoms with Gasteiger partial charge in [-0.1, -0.05) is 76.7 Å². The third-order valence-electron chi connectivity index (χ3n) is 3.33. The number of thiol groups is 1. The molecule has 0 bridgehead atoms. The second-order valence-electron chi connectivity index (χ2n) is 4.28. The molecule has 2 aromatic carbocycles. The Morgan fingerprint density at radius 3 is 1.62 bits per heavy atom. The van der Waals surface area contributed by atoms with Crippen molar-refractivity contribution in [3.05, 3.63) is 82.2 Å². The zero-order valence-electron chi connectivity index (χ0n) is 13.2. The summed E-state index contributed by atoms with van der Waals surface area (Å²) in [5.74, 6) is 0. The van der Waals surface area contributed by atoms with Crippen LogP contribution < -0.4 is 0 Å². The van der Waals surface area contributed by atoms with E-state index >= 15 is 0 Å². The van der Waals surface area contributed by atoms with Crippen LogP contribution in [0.5, 0.6) is 0 Å². The van der Waals surface area contributed by atoms with Crippen LogP contribution in [0.15, 0.2) is 48.5 Å². The predicted octanol–water partition coefficient (Wildman–Crippen LogP) is 5.69. The first-order valence-corrected chi connectivity index (χ1v) is 7.98. The van der Waals surface area contributed by atoms with Crippen molar-refractivity contribution in [3.63, 3.8) is 0 Å². The molecule has 2 aromatic rings. The summed E-state index contributed by atoms with van der Waals surface area (Å²) in [6, 6.07) is 16.2. The lowest BCUT2D eigenvalue weighted by Crippen LogP contribution is -2.24. The fourth-order valence-corrected chi connectivity index (χ4v) is 2.94. The Balaban J connectivity index is 0.000000510. The van der Waals surface area contributed by atoms with Gasteiger partial charge in [0.25, 0.3) is 0 Å². The summed E-state index contributed by atoms with van der Waals surface area (Å²) in [7, 11) is 0. The van der Waals surface area contributed by atoms with Crippen molar-refractivity contribution in [2.24, 2.45) is 0 Å². The minimum absolute atomic E-state index is 0.828. The Morgan fingerprint density at radius 2 is 1.24 bits per heavy atom. The Bertz CT molecular complexity index is 580. The topological polar surface area (TPSA) is 4.36 Å². The van der Waals surface area contributed by atoms with Gasteiger partial charge < -0.3 is 0 Å². The highest BCUT2D eigenvalue weighted by atomic mass is 32.1. The van der Waals surface area contributed by atoms with Gasteiger partial charge in [-0.3, -0.25) is 4.85 Å². The number of hydrogen-bond acceptors (Lipinski definition) is 1. The molecule has 21 heavy (non-hydrogen) atoms. The summed E-state index contributed by atoms with van der Waals surface area (Å²) >= 11 is 4.65. The summed E-state index contributed by atoms with van der Waals surface area (Å²) in [5, 5.41) is 0. The fraction of sp³-hybridized carbons (Fsp3) is 0.316. The average molecular weight is 297 g/mol. The molecule has 0 saturated heterocycles. The van der Waals surface area contributed by atoms with Crippen molar-refractivity contribution < 1.29 is 0 Å². The maximum Gasteiger partial charge on any atom is 0.326 e. The summed E-state index contributed by atoms with van der Waals surface area (Å²) < 4.78 is 0. The van der Waals surface area contributed by atoms with Gasteiger partial charge in [-0.25, -0.2) is 6.57 Å². The Morgan fingerprint density at radius 1 is 0.857 bits per heavy atom. The van der Waals surface area contributed by atoms with Crippen LogP contribution >= 0.6 is 12.6 Å². The molecule has 0 unspecified atom stereocenters. The Hall–Kier alpha value is -1.72. The lowest BCUT2D eigenvalue weighted by atomic mass is 9.82. The smallest absolute Gasteiger partial charge is 0.288 e. The van der Waals surface area contributed by atoms with Crippen LogP contribution in [0.3, 0.4) is 0 Å². The SMILES string of the molecule is CC.CC.[C-]#[N+]C1(S)c2ccccc2Cc2ccccc21.